The van der Waals surface area contributed by atoms with Crippen LogP contribution in [0, 0.1) is 0 Å². The number of imide groups is 1. The molecule has 3 aliphatic rings. The fraction of sp³-hybridized carbons (Fsp3) is 0.333. The van der Waals surface area contributed by atoms with Crippen LogP contribution in [0.15, 0.2) is 42.5 Å². The van der Waals surface area contributed by atoms with Crippen molar-refractivity contribution in [2.45, 2.75) is 30.9 Å². The number of piperidine rings is 1. The fourth-order valence-electron chi connectivity index (χ4n) is 4.53. The van der Waals surface area contributed by atoms with Crippen molar-refractivity contribution in [3.63, 3.8) is 0 Å². The smallest absolute Gasteiger partial charge is 0.262 e. The van der Waals surface area contributed by atoms with Gasteiger partial charge in [-0.15, -0.1) is 12.4 Å². The van der Waals surface area contributed by atoms with Gasteiger partial charge in [-0.1, -0.05) is 35.9 Å². The molecule has 7 heteroatoms. The minimum Gasteiger partial charge on any atom is -0.485 e. The molecular formula is C21H20Cl2N2O3. The Morgan fingerprint density at radius 2 is 1.64 bits per heavy atom. The Labute approximate surface area is 174 Å². The highest BCUT2D eigenvalue weighted by molar-refractivity contribution is 6.32. The van der Waals surface area contributed by atoms with Crippen LogP contribution in [0.25, 0.3) is 0 Å². The third-order valence-corrected chi connectivity index (χ3v) is 6.19. The summed E-state index contributed by atoms with van der Waals surface area (Å²) in [5.41, 5.74) is 1.33. The number of halogens is 2. The molecule has 0 saturated carbocycles. The van der Waals surface area contributed by atoms with Gasteiger partial charge in [-0.05, 0) is 44.1 Å². The van der Waals surface area contributed by atoms with E-state index in [-0.39, 0.29) is 30.3 Å². The molecule has 5 rings (SSSR count). The van der Waals surface area contributed by atoms with Crippen LogP contribution in [0.5, 0.6) is 5.75 Å². The standard InChI is InChI=1S/C21H19ClN2O3.ClH/c22-16-7-3-6-15-17(12-21(27-18(15)16)8-10-23-11-9-21)24-19(25)13-4-1-2-5-14(13)20(24)26;/h1-7,17,23H,8-12H2;1H. The highest BCUT2D eigenvalue weighted by atomic mass is 35.5. The summed E-state index contributed by atoms with van der Waals surface area (Å²) < 4.78 is 6.41. The number of nitrogens with one attached hydrogen (secondary N) is 1. The van der Waals surface area contributed by atoms with E-state index in [0.29, 0.717) is 28.3 Å². The van der Waals surface area contributed by atoms with Crippen LogP contribution in [0.1, 0.15) is 51.6 Å². The summed E-state index contributed by atoms with van der Waals surface area (Å²) in [6.45, 7) is 1.68. The summed E-state index contributed by atoms with van der Waals surface area (Å²) in [5, 5.41) is 3.87. The molecule has 0 aliphatic carbocycles. The number of fused-ring (bicyclic) bond motifs is 2. The largest absolute Gasteiger partial charge is 0.485 e. The van der Waals surface area contributed by atoms with Crippen molar-refractivity contribution in [1.29, 1.82) is 0 Å². The van der Waals surface area contributed by atoms with Crippen molar-refractivity contribution < 1.29 is 14.3 Å². The topological polar surface area (TPSA) is 58.6 Å². The number of hydrogen-bond donors (Lipinski definition) is 1. The van der Waals surface area contributed by atoms with Crippen molar-refractivity contribution in [3.8, 4) is 5.75 Å². The van der Waals surface area contributed by atoms with Gasteiger partial charge >= 0.3 is 0 Å². The van der Waals surface area contributed by atoms with Crippen LogP contribution in [-0.4, -0.2) is 35.4 Å². The third kappa shape index (κ3) is 2.81. The molecule has 0 bridgehead atoms. The molecular weight excluding hydrogens is 399 g/mol. The van der Waals surface area contributed by atoms with Crippen LogP contribution in [-0.2, 0) is 0 Å². The van der Waals surface area contributed by atoms with E-state index in [2.05, 4.69) is 5.32 Å². The maximum atomic E-state index is 13.1. The Hall–Kier alpha value is -2.08. The highest BCUT2D eigenvalue weighted by Crippen LogP contribution is 2.50. The predicted molar refractivity (Wildman–Crippen MR) is 108 cm³/mol. The van der Waals surface area contributed by atoms with E-state index in [1.807, 2.05) is 12.1 Å². The second-order valence-corrected chi connectivity index (χ2v) is 7.85. The Bertz CT molecular complexity index is 921. The van der Waals surface area contributed by atoms with Crippen molar-refractivity contribution >= 4 is 35.8 Å². The lowest BCUT2D eigenvalue weighted by atomic mass is 9.80. The van der Waals surface area contributed by atoms with Gasteiger partial charge < -0.3 is 10.1 Å². The van der Waals surface area contributed by atoms with Crippen molar-refractivity contribution in [2.24, 2.45) is 0 Å². The number of hydrogen-bond acceptors (Lipinski definition) is 4. The first-order valence-corrected chi connectivity index (χ1v) is 9.62. The maximum Gasteiger partial charge on any atom is 0.262 e. The van der Waals surface area contributed by atoms with Gasteiger partial charge in [0.2, 0.25) is 0 Å². The van der Waals surface area contributed by atoms with E-state index in [9.17, 15) is 9.59 Å². The van der Waals surface area contributed by atoms with Crippen LogP contribution in [0.4, 0.5) is 0 Å². The molecule has 5 nitrogen and oxygen atoms in total. The Morgan fingerprint density at radius 3 is 2.29 bits per heavy atom. The van der Waals surface area contributed by atoms with Gasteiger partial charge in [0.15, 0.2) is 0 Å². The van der Waals surface area contributed by atoms with Crippen molar-refractivity contribution in [1.82, 2.24) is 10.2 Å². The molecule has 1 fully saturated rings. The summed E-state index contributed by atoms with van der Waals surface area (Å²) in [5.74, 6) is 0.129. The first-order chi connectivity index (χ1) is 13.1. The maximum absolute atomic E-state index is 13.1. The number of amides is 2. The zero-order valence-corrected chi connectivity index (χ0v) is 16.7. The monoisotopic (exact) mass is 418 g/mol. The van der Waals surface area contributed by atoms with E-state index in [0.717, 1.165) is 31.5 Å². The van der Waals surface area contributed by atoms with Crippen LogP contribution < -0.4 is 10.1 Å². The summed E-state index contributed by atoms with van der Waals surface area (Å²) >= 11 is 6.45. The Kier molecular flexibility index (Phi) is 4.86. The number of carbonyl (C=O) groups excluding carboxylic acids is 2. The molecule has 28 heavy (non-hydrogen) atoms. The highest BCUT2D eigenvalue weighted by Gasteiger charge is 2.49. The van der Waals surface area contributed by atoms with Gasteiger partial charge in [0, 0.05) is 12.0 Å². The van der Waals surface area contributed by atoms with Crippen LogP contribution in [0.2, 0.25) is 5.02 Å². The molecule has 1 spiro atoms. The second-order valence-electron chi connectivity index (χ2n) is 7.44. The van der Waals surface area contributed by atoms with E-state index < -0.39 is 5.60 Å². The predicted octanol–water partition coefficient (Wildman–Crippen LogP) is 4.00. The van der Waals surface area contributed by atoms with Gasteiger partial charge in [0.25, 0.3) is 11.8 Å². The number of nitrogens with zero attached hydrogens (tertiary/aromatic N) is 1. The molecule has 1 N–H and O–H groups in total. The summed E-state index contributed by atoms with van der Waals surface area (Å²) in [7, 11) is 0. The molecule has 146 valence electrons. The molecule has 1 unspecified atom stereocenters. The summed E-state index contributed by atoms with van der Waals surface area (Å²) in [6, 6.07) is 12.2. The van der Waals surface area contributed by atoms with Gasteiger partial charge in [-0.2, -0.15) is 0 Å². The molecule has 2 aromatic carbocycles. The quantitative estimate of drug-likeness (QED) is 0.710. The molecule has 2 aromatic rings. The number of benzene rings is 2. The minimum absolute atomic E-state index is 0. The number of rotatable bonds is 1. The number of ether oxygens (including phenoxy) is 1. The van der Waals surface area contributed by atoms with E-state index in [1.165, 1.54) is 4.90 Å². The van der Waals surface area contributed by atoms with Crippen LogP contribution in [0.3, 0.4) is 0 Å². The molecule has 3 heterocycles. The number of carbonyl (C=O) groups is 2. The fourth-order valence-corrected chi connectivity index (χ4v) is 4.75. The van der Waals surface area contributed by atoms with E-state index in [1.54, 1.807) is 30.3 Å². The average Bonchev–Trinajstić information content (AvgIpc) is 2.94. The Morgan fingerprint density at radius 1 is 1.00 bits per heavy atom. The molecule has 0 aromatic heterocycles. The van der Waals surface area contributed by atoms with Gasteiger partial charge in [-0.25, -0.2) is 0 Å². The minimum atomic E-state index is -0.413. The first kappa shape index (κ1) is 19.2. The Balaban J connectivity index is 0.00000192. The lowest BCUT2D eigenvalue weighted by Gasteiger charge is -2.46. The summed E-state index contributed by atoms with van der Waals surface area (Å²) in [6.07, 6.45) is 2.22. The SMILES string of the molecule is Cl.O=C1c2ccccc2C(=O)N1C1CC2(CCNCC2)Oc2c(Cl)cccc21. The van der Waals surface area contributed by atoms with Gasteiger partial charge in [0.1, 0.15) is 11.4 Å². The average molecular weight is 419 g/mol. The van der Waals surface area contributed by atoms with Gasteiger partial charge in [-0.3, -0.25) is 14.5 Å². The summed E-state index contributed by atoms with van der Waals surface area (Å²) in [4.78, 5) is 27.6. The third-order valence-electron chi connectivity index (χ3n) is 5.89. The van der Waals surface area contributed by atoms with E-state index >= 15 is 0 Å². The molecule has 3 aliphatic heterocycles. The zero-order valence-electron chi connectivity index (χ0n) is 15.1. The lowest BCUT2D eigenvalue weighted by molar-refractivity contribution is -0.0125. The lowest BCUT2D eigenvalue weighted by Crippen LogP contribution is -2.52. The molecule has 0 radical (unpaired) electrons. The van der Waals surface area contributed by atoms with Crippen molar-refractivity contribution in [3.05, 3.63) is 64.2 Å². The van der Waals surface area contributed by atoms with Crippen molar-refractivity contribution in [2.75, 3.05) is 13.1 Å². The normalized spacial score (nSPS) is 22.3. The molecule has 1 saturated heterocycles. The molecule has 2 amide bonds. The second kappa shape index (κ2) is 7.07. The molecule has 1 atom stereocenters. The van der Waals surface area contributed by atoms with E-state index in [4.69, 9.17) is 16.3 Å². The van der Waals surface area contributed by atoms with Gasteiger partial charge in [0.05, 0.1) is 22.2 Å². The first-order valence-electron chi connectivity index (χ1n) is 9.25. The van der Waals surface area contributed by atoms with Crippen LogP contribution >= 0.6 is 24.0 Å². The zero-order chi connectivity index (χ0) is 18.6. The number of para-hydroxylation sites is 1.